The topological polar surface area (TPSA) is 98.7 Å². The lowest BCUT2D eigenvalue weighted by Crippen LogP contribution is -2.35. The first-order valence-electron chi connectivity index (χ1n) is 7.02. The predicted molar refractivity (Wildman–Crippen MR) is 80.9 cm³/mol. The van der Waals surface area contributed by atoms with Gasteiger partial charge in [0.2, 0.25) is 5.91 Å². The van der Waals surface area contributed by atoms with E-state index in [4.69, 9.17) is 16.2 Å². The maximum Gasteiger partial charge on any atom is 0.337 e. The Morgan fingerprint density at radius 2 is 2.00 bits per heavy atom. The van der Waals surface area contributed by atoms with Crippen molar-refractivity contribution in [3.05, 3.63) is 23.8 Å². The van der Waals surface area contributed by atoms with E-state index in [1.807, 2.05) is 0 Å². The molecule has 6 nitrogen and oxygen atoms in total. The average molecular weight is 291 g/mol. The molecule has 0 unspecified atom stereocenters. The van der Waals surface area contributed by atoms with Crippen LogP contribution in [0.4, 0.5) is 11.4 Å². The van der Waals surface area contributed by atoms with Crippen LogP contribution in [0, 0.1) is 5.92 Å². The molecule has 0 bridgehead atoms. The molecule has 1 aliphatic heterocycles. The molecule has 0 atom stereocenters. The first kappa shape index (κ1) is 15.2. The molecule has 0 aliphatic carbocycles. The van der Waals surface area contributed by atoms with Gasteiger partial charge in [-0.3, -0.25) is 4.79 Å². The number of piperidine rings is 1. The van der Waals surface area contributed by atoms with Crippen LogP contribution in [0.25, 0.3) is 0 Å². The number of ether oxygens (including phenoxy) is 1. The van der Waals surface area contributed by atoms with Crippen LogP contribution >= 0.6 is 0 Å². The fourth-order valence-electron chi connectivity index (χ4n) is 2.72. The zero-order valence-corrected chi connectivity index (χ0v) is 12.2. The van der Waals surface area contributed by atoms with Gasteiger partial charge in [0.05, 0.1) is 24.0 Å². The normalized spacial score (nSPS) is 15.8. The second-order valence-corrected chi connectivity index (χ2v) is 5.37. The standard InChI is InChI=1S/C15H21N3O3/c1-21-15(20)11-2-3-12(16)13(9-11)18-6-4-10(5-7-18)8-14(17)19/h2-3,9-10H,4-8,16H2,1H3,(H2,17,19). The molecule has 6 heteroatoms. The summed E-state index contributed by atoms with van der Waals surface area (Å²) in [6.07, 6.45) is 2.22. The highest BCUT2D eigenvalue weighted by atomic mass is 16.5. The number of hydrogen-bond acceptors (Lipinski definition) is 5. The van der Waals surface area contributed by atoms with E-state index >= 15 is 0 Å². The summed E-state index contributed by atoms with van der Waals surface area (Å²) in [5.74, 6) is -0.288. The lowest BCUT2D eigenvalue weighted by atomic mass is 9.93. The highest BCUT2D eigenvalue weighted by Gasteiger charge is 2.22. The Balaban J connectivity index is 2.09. The van der Waals surface area contributed by atoms with Crippen molar-refractivity contribution in [1.82, 2.24) is 0 Å². The molecule has 1 fully saturated rings. The summed E-state index contributed by atoms with van der Waals surface area (Å²) < 4.78 is 4.73. The van der Waals surface area contributed by atoms with Crippen LogP contribution in [-0.4, -0.2) is 32.1 Å². The molecule has 0 spiro atoms. The van der Waals surface area contributed by atoms with E-state index in [0.29, 0.717) is 23.6 Å². The van der Waals surface area contributed by atoms with Crippen LogP contribution < -0.4 is 16.4 Å². The number of methoxy groups -OCH3 is 1. The average Bonchev–Trinajstić information content (AvgIpc) is 2.47. The molecule has 1 amide bonds. The number of carbonyl (C=O) groups excluding carboxylic acids is 2. The van der Waals surface area contributed by atoms with Crippen LogP contribution in [0.1, 0.15) is 29.6 Å². The second kappa shape index (κ2) is 6.47. The first-order valence-corrected chi connectivity index (χ1v) is 7.02. The third-order valence-corrected chi connectivity index (χ3v) is 3.90. The number of amides is 1. The lowest BCUT2D eigenvalue weighted by Gasteiger charge is -2.34. The number of nitrogens with two attached hydrogens (primary N) is 2. The van der Waals surface area contributed by atoms with Gasteiger partial charge in [0.25, 0.3) is 0 Å². The van der Waals surface area contributed by atoms with Crippen LogP contribution in [0.3, 0.4) is 0 Å². The molecule has 1 aliphatic rings. The van der Waals surface area contributed by atoms with E-state index < -0.39 is 0 Å². The van der Waals surface area contributed by atoms with Crippen molar-refractivity contribution >= 4 is 23.3 Å². The van der Waals surface area contributed by atoms with E-state index in [9.17, 15) is 9.59 Å². The molecule has 1 aromatic carbocycles. The molecule has 1 saturated heterocycles. The Morgan fingerprint density at radius 1 is 1.33 bits per heavy atom. The number of carbonyl (C=O) groups is 2. The summed E-state index contributed by atoms with van der Waals surface area (Å²) in [6.45, 7) is 1.60. The van der Waals surface area contributed by atoms with Gasteiger partial charge in [-0.05, 0) is 37.0 Å². The predicted octanol–water partition coefficient (Wildman–Crippen LogP) is 1.15. The number of nitrogen functional groups attached to an aromatic ring is 1. The van der Waals surface area contributed by atoms with E-state index in [1.165, 1.54) is 7.11 Å². The van der Waals surface area contributed by atoms with Crippen molar-refractivity contribution < 1.29 is 14.3 Å². The Bertz CT molecular complexity index is 537. The van der Waals surface area contributed by atoms with Crippen LogP contribution in [0.2, 0.25) is 0 Å². The smallest absolute Gasteiger partial charge is 0.337 e. The largest absolute Gasteiger partial charge is 0.465 e. The summed E-state index contributed by atoms with van der Waals surface area (Å²) in [6, 6.07) is 5.14. The maximum atomic E-state index is 11.6. The minimum atomic E-state index is -0.375. The van der Waals surface area contributed by atoms with E-state index in [-0.39, 0.29) is 11.9 Å². The van der Waals surface area contributed by atoms with Gasteiger partial charge < -0.3 is 21.1 Å². The van der Waals surface area contributed by atoms with Crippen molar-refractivity contribution in [1.29, 1.82) is 0 Å². The van der Waals surface area contributed by atoms with E-state index in [2.05, 4.69) is 4.90 Å². The fraction of sp³-hybridized carbons (Fsp3) is 0.467. The van der Waals surface area contributed by atoms with Gasteiger partial charge in [-0.1, -0.05) is 0 Å². The Morgan fingerprint density at radius 3 is 2.57 bits per heavy atom. The molecule has 1 heterocycles. The van der Waals surface area contributed by atoms with Gasteiger partial charge in [-0.25, -0.2) is 4.79 Å². The third-order valence-electron chi connectivity index (χ3n) is 3.90. The lowest BCUT2D eigenvalue weighted by molar-refractivity contribution is -0.119. The van der Waals surface area contributed by atoms with Gasteiger partial charge in [-0.15, -0.1) is 0 Å². The monoisotopic (exact) mass is 291 g/mol. The Hall–Kier alpha value is -2.24. The van der Waals surface area contributed by atoms with Gasteiger partial charge in [0.15, 0.2) is 0 Å². The van der Waals surface area contributed by atoms with E-state index in [1.54, 1.807) is 18.2 Å². The molecule has 0 saturated carbocycles. The number of esters is 1. The molecule has 1 aromatic rings. The van der Waals surface area contributed by atoms with Gasteiger partial charge >= 0.3 is 5.97 Å². The van der Waals surface area contributed by atoms with Gasteiger partial charge in [0.1, 0.15) is 0 Å². The van der Waals surface area contributed by atoms with Crippen molar-refractivity contribution in [2.24, 2.45) is 11.7 Å². The van der Waals surface area contributed by atoms with Crippen LogP contribution in [0.15, 0.2) is 18.2 Å². The van der Waals surface area contributed by atoms with Crippen molar-refractivity contribution in [2.75, 3.05) is 30.8 Å². The van der Waals surface area contributed by atoms with Crippen molar-refractivity contribution in [3.8, 4) is 0 Å². The number of nitrogens with zero attached hydrogens (tertiary/aromatic N) is 1. The SMILES string of the molecule is COC(=O)c1ccc(N)c(N2CCC(CC(N)=O)CC2)c1. The second-order valence-electron chi connectivity index (χ2n) is 5.37. The highest BCUT2D eigenvalue weighted by Crippen LogP contribution is 2.30. The molecule has 21 heavy (non-hydrogen) atoms. The summed E-state index contributed by atoms with van der Waals surface area (Å²) in [7, 11) is 1.35. The van der Waals surface area contributed by atoms with E-state index in [0.717, 1.165) is 31.6 Å². The molecule has 2 rings (SSSR count). The summed E-state index contributed by atoms with van der Waals surface area (Å²) >= 11 is 0. The Labute approximate surface area is 124 Å². The number of rotatable bonds is 4. The molecule has 0 aromatic heterocycles. The number of anilines is 2. The summed E-state index contributed by atoms with van der Waals surface area (Å²) in [5.41, 5.74) is 13.2. The minimum absolute atomic E-state index is 0.249. The zero-order valence-electron chi connectivity index (χ0n) is 12.2. The quantitative estimate of drug-likeness (QED) is 0.640. The summed E-state index contributed by atoms with van der Waals surface area (Å²) in [4.78, 5) is 24.7. The van der Waals surface area contributed by atoms with Gasteiger partial charge in [-0.2, -0.15) is 0 Å². The van der Waals surface area contributed by atoms with Crippen LogP contribution in [-0.2, 0) is 9.53 Å². The molecular formula is C15H21N3O3. The maximum absolute atomic E-state index is 11.6. The third kappa shape index (κ3) is 3.65. The van der Waals surface area contributed by atoms with Crippen molar-refractivity contribution in [3.63, 3.8) is 0 Å². The number of primary amides is 1. The molecule has 4 N–H and O–H groups in total. The fourth-order valence-corrected chi connectivity index (χ4v) is 2.72. The molecule has 114 valence electrons. The molecule has 0 radical (unpaired) electrons. The zero-order chi connectivity index (χ0) is 15.4. The van der Waals surface area contributed by atoms with Crippen LogP contribution in [0.5, 0.6) is 0 Å². The first-order chi connectivity index (χ1) is 10.0. The highest BCUT2D eigenvalue weighted by molar-refractivity contribution is 5.92. The van der Waals surface area contributed by atoms with Crippen molar-refractivity contribution in [2.45, 2.75) is 19.3 Å². The van der Waals surface area contributed by atoms with Gasteiger partial charge in [0, 0.05) is 19.5 Å². The number of hydrogen-bond donors (Lipinski definition) is 2. The molecular weight excluding hydrogens is 270 g/mol. The Kier molecular flexibility index (Phi) is 4.67. The summed E-state index contributed by atoms with van der Waals surface area (Å²) in [5, 5.41) is 0. The number of benzene rings is 1. The minimum Gasteiger partial charge on any atom is -0.465 e.